The lowest BCUT2D eigenvalue weighted by atomic mass is 9.71. The summed E-state index contributed by atoms with van der Waals surface area (Å²) in [6.45, 7) is 12.7. The van der Waals surface area contributed by atoms with Crippen molar-refractivity contribution in [1.29, 1.82) is 0 Å². The summed E-state index contributed by atoms with van der Waals surface area (Å²) in [5.41, 5.74) is 4.16. The van der Waals surface area contributed by atoms with E-state index in [-0.39, 0.29) is 5.41 Å². The molecular weight excluding hydrogens is 208 g/mol. The van der Waals surface area contributed by atoms with Crippen molar-refractivity contribution in [2.75, 3.05) is 0 Å². The van der Waals surface area contributed by atoms with Crippen LogP contribution >= 0.6 is 0 Å². The summed E-state index contributed by atoms with van der Waals surface area (Å²) >= 11 is 0. The zero-order chi connectivity index (χ0) is 13.1. The second kappa shape index (κ2) is 5.66. The first-order valence-corrected chi connectivity index (χ1v) is 6.68. The fourth-order valence-corrected chi connectivity index (χ4v) is 2.90. The maximum atomic E-state index is 11.6. The first-order chi connectivity index (χ1) is 7.84. The molecule has 0 N–H and O–H groups in total. The van der Waals surface area contributed by atoms with Crippen LogP contribution in [0.5, 0.6) is 0 Å². The van der Waals surface area contributed by atoms with Gasteiger partial charge >= 0.3 is 0 Å². The number of carbonyl (C=O) groups is 1. The van der Waals surface area contributed by atoms with Gasteiger partial charge in [0.2, 0.25) is 0 Å². The standard InChI is InChI=1S/C16H26O/c1-12(2)15(13(3)4)8-10-16(5)9-6-7-14(17)11-16/h1,6-11H2,2-5H3/t16-/m0/s1. The van der Waals surface area contributed by atoms with Gasteiger partial charge in [-0.05, 0) is 57.4 Å². The number of carbonyl (C=O) groups excluding carboxylic acids is 1. The molecule has 1 aliphatic rings. The Kier molecular flexibility index (Phi) is 4.73. The Bertz CT molecular complexity index is 345. The summed E-state index contributed by atoms with van der Waals surface area (Å²) < 4.78 is 0. The second-order valence-corrected chi connectivity index (χ2v) is 6.14. The van der Waals surface area contributed by atoms with E-state index in [4.69, 9.17) is 0 Å². The van der Waals surface area contributed by atoms with Crippen LogP contribution in [0.2, 0.25) is 0 Å². The Balaban J connectivity index is 2.63. The highest BCUT2D eigenvalue weighted by Crippen LogP contribution is 2.39. The number of ketones is 1. The van der Waals surface area contributed by atoms with Crippen molar-refractivity contribution in [3.05, 3.63) is 23.3 Å². The van der Waals surface area contributed by atoms with E-state index in [1.807, 2.05) is 0 Å². The van der Waals surface area contributed by atoms with Gasteiger partial charge in [0.1, 0.15) is 5.78 Å². The summed E-state index contributed by atoms with van der Waals surface area (Å²) in [5.74, 6) is 0.452. The SMILES string of the molecule is C=C(C)C(CC[C@]1(C)CCCC(=O)C1)=C(C)C. The van der Waals surface area contributed by atoms with Crippen LogP contribution < -0.4 is 0 Å². The molecule has 1 aliphatic carbocycles. The Morgan fingerprint density at radius 3 is 2.47 bits per heavy atom. The molecule has 1 nitrogen and oxygen atoms in total. The van der Waals surface area contributed by atoms with E-state index < -0.39 is 0 Å². The molecule has 0 unspecified atom stereocenters. The molecule has 17 heavy (non-hydrogen) atoms. The number of Topliss-reactive ketones (excluding diaryl/α,β-unsaturated/α-hetero) is 1. The van der Waals surface area contributed by atoms with Gasteiger partial charge in [-0.2, -0.15) is 0 Å². The lowest BCUT2D eigenvalue weighted by molar-refractivity contribution is -0.123. The van der Waals surface area contributed by atoms with Crippen LogP contribution in [0.4, 0.5) is 0 Å². The molecule has 0 spiro atoms. The molecule has 0 heterocycles. The molecule has 0 aliphatic heterocycles. The average Bonchev–Trinajstić information content (AvgIpc) is 2.15. The third-order valence-corrected chi connectivity index (χ3v) is 3.96. The van der Waals surface area contributed by atoms with Gasteiger partial charge in [-0.25, -0.2) is 0 Å². The maximum Gasteiger partial charge on any atom is 0.133 e. The first-order valence-electron chi connectivity index (χ1n) is 6.68. The molecule has 1 atom stereocenters. The predicted molar refractivity (Wildman–Crippen MR) is 74.0 cm³/mol. The van der Waals surface area contributed by atoms with E-state index in [1.54, 1.807) is 0 Å². The average molecular weight is 234 g/mol. The topological polar surface area (TPSA) is 17.1 Å². The van der Waals surface area contributed by atoms with Crippen LogP contribution in [-0.4, -0.2) is 5.78 Å². The van der Waals surface area contributed by atoms with Crippen molar-refractivity contribution < 1.29 is 4.79 Å². The molecule has 0 aromatic heterocycles. The molecule has 1 rings (SSSR count). The van der Waals surface area contributed by atoms with Gasteiger partial charge in [0, 0.05) is 12.8 Å². The van der Waals surface area contributed by atoms with Crippen molar-refractivity contribution >= 4 is 5.78 Å². The van der Waals surface area contributed by atoms with Crippen LogP contribution in [0.15, 0.2) is 23.3 Å². The Morgan fingerprint density at radius 1 is 1.35 bits per heavy atom. The van der Waals surface area contributed by atoms with Crippen LogP contribution in [-0.2, 0) is 4.79 Å². The minimum atomic E-state index is 0.228. The number of hydrogen-bond acceptors (Lipinski definition) is 1. The smallest absolute Gasteiger partial charge is 0.133 e. The van der Waals surface area contributed by atoms with Gasteiger partial charge < -0.3 is 0 Å². The molecule has 96 valence electrons. The van der Waals surface area contributed by atoms with E-state index >= 15 is 0 Å². The maximum absolute atomic E-state index is 11.6. The van der Waals surface area contributed by atoms with Gasteiger partial charge in [-0.1, -0.05) is 24.6 Å². The highest BCUT2D eigenvalue weighted by atomic mass is 16.1. The monoisotopic (exact) mass is 234 g/mol. The van der Waals surface area contributed by atoms with Gasteiger partial charge in [0.25, 0.3) is 0 Å². The minimum Gasteiger partial charge on any atom is -0.300 e. The molecule has 1 saturated carbocycles. The Hall–Kier alpha value is -0.850. The Morgan fingerprint density at radius 2 is 2.00 bits per heavy atom. The largest absolute Gasteiger partial charge is 0.300 e. The summed E-state index contributed by atoms with van der Waals surface area (Å²) in [6.07, 6.45) is 6.04. The van der Waals surface area contributed by atoms with Crippen LogP contribution in [0.3, 0.4) is 0 Å². The molecule has 1 fully saturated rings. The van der Waals surface area contributed by atoms with Crippen molar-refractivity contribution in [2.45, 2.75) is 66.2 Å². The van der Waals surface area contributed by atoms with Gasteiger partial charge in [0.05, 0.1) is 0 Å². The molecule has 0 aromatic carbocycles. The van der Waals surface area contributed by atoms with Crippen LogP contribution in [0.25, 0.3) is 0 Å². The van der Waals surface area contributed by atoms with E-state index in [0.717, 1.165) is 32.1 Å². The zero-order valence-electron chi connectivity index (χ0n) is 11.9. The van der Waals surface area contributed by atoms with Gasteiger partial charge in [-0.15, -0.1) is 0 Å². The molecule has 1 heteroatoms. The summed E-state index contributed by atoms with van der Waals surface area (Å²) in [4.78, 5) is 11.6. The number of allylic oxidation sites excluding steroid dienone is 3. The Labute approximate surface area is 106 Å². The third-order valence-electron chi connectivity index (χ3n) is 3.96. The van der Waals surface area contributed by atoms with Crippen molar-refractivity contribution in [3.63, 3.8) is 0 Å². The van der Waals surface area contributed by atoms with Crippen molar-refractivity contribution in [1.82, 2.24) is 0 Å². The third kappa shape index (κ3) is 4.14. The number of hydrogen-bond donors (Lipinski definition) is 0. The van der Waals surface area contributed by atoms with E-state index in [0.29, 0.717) is 5.78 Å². The van der Waals surface area contributed by atoms with Crippen molar-refractivity contribution in [2.24, 2.45) is 5.41 Å². The zero-order valence-corrected chi connectivity index (χ0v) is 11.9. The van der Waals surface area contributed by atoms with Crippen LogP contribution in [0, 0.1) is 5.41 Å². The van der Waals surface area contributed by atoms with Crippen molar-refractivity contribution in [3.8, 4) is 0 Å². The highest BCUT2D eigenvalue weighted by molar-refractivity contribution is 5.79. The van der Waals surface area contributed by atoms with E-state index in [1.165, 1.54) is 23.1 Å². The first kappa shape index (κ1) is 14.2. The summed E-state index contributed by atoms with van der Waals surface area (Å²) in [6, 6.07) is 0. The highest BCUT2D eigenvalue weighted by Gasteiger charge is 2.30. The van der Waals surface area contributed by atoms with Gasteiger partial charge in [-0.3, -0.25) is 4.79 Å². The molecule has 0 aromatic rings. The molecular formula is C16H26O. The van der Waals surface area contributed by atoms with Gasteiger partial charge in [0.15, 0.2) is 0 Å². The number of rotatable bonds is 4. The van der Waals surface area contributed by atoms with E-state index in [9.17, 15) is 4.79 Å². The quantitative estimate of drug-likeness (QED) is 0.637. The second-order valence-electron chi connectivity index (χ2n) is 6.14. The van der Waals surface area contributed by atoms with E-state index in [2.05, 4.69) is 34.3 Å². The lowest BCUT2D eigenvalue weighted by Crippen LogP contribution is -2.25. The molecule has 0 amide bonds. The normalized spacial score (nSPS) is 24.6. The fourth-order valence-electron chi connectivity index (χ4n) is 2.90. The molecule has 0 saturated heterocycles. The summed E-state index contributed by atoms with van der Waals surface area (Å²) in [7, 11) is 0. The minimum absolute atomic E-state index is 0.228. The molecule has 0 bridgehead atoms. The predicted octanol–water partition coefficient (Wildman–Crippen LogP) is 4.83. The fraction of sp³-hybridized carbons (Fsp3) is 0.688. The van der Waals surface area contributed by atoms with Crippen LogP contribution in [0.1, 0.15) is 66.2 Å². The lowest BCUT2D eigenvalue weighted by Gasteiger charge is -2.33. The molecule has 0 radical (unpaired) electrons. The summed E-state index contributed by atoms with van der Waals surface area (Å²) in [5, 5.41) is 0.